The van der Waals surface area contributed by atoms with Crippen molar-refractivity contribution in [3.63, 3.8) is 0 Å². The summed E-state index contributed by atoms with van der Waals surface area (Å²) in [4.78, 5) is 17.5. The van der Waals surface area contributed by atoms with Gasteiger partial charge in [0.05, 0.1) is 0 Å². The zero-order valence-electron chi connectivity index (χ0n) is 16.2. The average molecular weight is 374 g/mol. The molecule has 3 aromatic rings. The molecule has 2 aromatic carbocycles. The van der Waals surface area contributed by atoms with E-state index >= 15 is 0 Å². The Bertz CT molecular complexity index is 927. The van der Waals surface area contributed by atoms with Gasteiger partial charge in [-0.2, -0.15) is 0 Å². The number of amides is 1. The number of benzene rings is 2. The molecule has 2 heterocycles. The molecule has 28 heavy (non-hydrogen) atoms. The summed E-state index contributed by atoms with van der Waals surface area (Å²) in [5.41, 5.74) is 4.03. The van der Waals surface area contributed by atoms with E-state index in [-0.39, 0.29) is 5.91 Å². The van der Waals surface area contributed by atoms with Gasteiger partial charge in [-0.05, 0) is 49.0 Å². The standard InChI is InChI=1S/C23H26N4O/c1-25-13-15-27(16-14-25)22-10-3-2-7-20(22)18-24-23(28)19-8-6-9-21(17-19)26-11-4-5-12-26/h2-12,17H,13-16,18H2,1H3,(H,24,28). The first-order chi connectivity index (χ1) is 13.7. The van der Waals surface area contributed by atoms with E-state index in [1.54, 1.807) is 0 Å². The van der Waals surface area contributed by atoms with E-state index in [2.05, 4.69) is 40.4 Å². The third-order valence-corrected chi connectivity index (χ3v) is 5.29. The van der Waals surface area contributed by atoms with Crippen LogP contribution in [0, 0.1) is 0 Å². The smallest absolute Gasteiger partial charge is 0.251 e. The second-order valence-corrected chi connectivity index (χ2v) is 7.24. The molecule has 1 aromatic heterocycles. The second-order valence-electron chi connectivity index (χ2n) is 7.24. The van der Waals surface area contributed by atoms with Crippen molar-refractivity contribution in [2.24, 2.45) is 0 Å². The van der Waals surface area contributed by atoms with Gasteiger partial charge in [0, 0.05) is 62.1 Å². The molecule has 0 unspecified atom stereocenters. The number of rotatable bonds is 5. The highest BCUT2D eigenvalue weighted by atomic mass is 16.1. The molecule has 5 nitrogen and oxygen atoms in total. The molecule has 1 amide bonds. The van der Waals surface area contributed by atoms with Gasteiger partial charge in [-0.3, -0.25) is 4.79 Å². The van der Waals surface area contributed by atoms with Crippen molar-refractivity contribution < 1.29 is 4.79 Å². The number of anilines is 1. The normalized spacial score (nSPS) is 14.8. The molecule has 144 valence electrons. The maximum absolute atomic E-state index is 12.7. The molecule has 4 rings (SSSR count). The van der Waals surface area contributed by atoms with E-state index in [0.29, 0.717) is 12.1 Å². The summed E-state index contributed by atoms with van der Waals surface area (Å²) >= 11 is 0. The fraction of sp³-hybridized carbons (Fsp3) is 0.261. The minimum atomic E-state index is -0.0535. The fourth-order valence-electron chi connectivity index (χ4n) is 3.61. The molecule has 0 spiro atoms. The SMILES string of the molecule is CN1CCN(c2ccccc2CNC(=O)c2cccc(-n3cccc3)c2)CC1. The van der Waals surface area contributed by atoms with Crippen LogP contribution in [0.3, 0.4) is 0 Å². The van der Waals surface area contributed by atoms with Crippen LogP contribution in [0.25, 0.3) is 5.69 Å². The Morgan fingerprint density at radius 3 is 2.46 bits per heavy atom. The lowest BCUT2D eigenvalue weighted by Gasteiger charge is -2.35. The second kappa shape index (κ2) is 8.31. The minimum absolute atomic E-state index is 0.0535. The van der Waals surface area contributed by atoms with Crippen molar-refractivity contribution in [1.29, 1.82) is 0 Å². The molecule has 1 N–H and O–H groups in total. The van der Waals surface area contributed by atoms with Crippen molar-refractivity contribution in [1.82, 2.24) is 14.8 Å². The van der Waals surface area contributed by atoms with Crippen LogP contribution in [0.15, 0.2) is 73.1 Å². The summed E-state index contributed by atoms with van der Waals surface area (Å²) in [6.07, 6.45) is 3.95. The molecule has 0 bridgehead atoms. The van der Waals surface area contributed by atoms with Crippen molar-refractivity contribution in [2.75, 3.05) is 38.1 Å². The number of likely N-dealkylation sites (N-methyl/N-ethyl adjacent to an activating group) is 1. The van der Waals surface area contributed by atoms with Crippen molar-refractivity contribution in [3.8, 4) is 5.69 Å². The molecule has 0 atom stereocenters. The first-order valence-corrected chi connectivity index (χ1v) is 9.74. The molecule has 1 saturated heterocycles. The maximum atomic E-state index is 12.7. The topological polar surface area (TPSA) is 40.5 Å². The van der Waals surface area contributed by atoms with E-state index in [1.807, 2.05) is 59.4 Å². The van der Waals surface area contributed by atoms with Gasteiger partial charge in [0.25, 0.3) is 5.91 Å². The molecular formula is C23H26N4O. The van der Waals surface area contributed by atoms with Gasteiger partial charge in [-0.25, -0.2) is 0 Å². The number of para-hydroxylation sites is 1. The highest BCUT2D eigenvalue weighted by molar-refractivity contribution is 5.94. The van der Waals surface area contributed by atoms with Crippen LogP contribution in [0.2, 0.25) is 0 Å². The summed E-state index contributed by atoms with van der Waals surface area (Å²) in [6.45, 7) is 4.68. The molecular weight excluding hydrogens is 348 g/mol. The number of hydrogen-bond donors (Lipinski definition) is 1. The number of nitrogens with one attached hydrogen (secondary N) is 1. The third-order valence-electron chi connectivity index (χ3n) is 5.29. The molecule has 0 saturated carbocycles. The lowest BCUT2D eigenvalue weighted by atomic mass is 10.1. The quantitative estimate of drug-likeness (QED) is 0.746. The Morgan fingerprint density at radius 1 is 0.929 bits per heavy atom. The number of carbonyl (C=O) groups excluding carboxylic acids is 1. The number of nitrogens with zero attached hydrogens (tertiary/aromatic N) is 3. The Balaban J connectivity index is 1.45. The van der Waals surface area contributed by atoms with E-state index < -0.39 is 0 Å². The number of carbonyl (C=O) groups is 1. The van der Waals surface area contributed by atoms with Gasteiger partial charge in [0.1, 0.15) is 0 Å². The molecule has 1 fully saturated rings. The Kier molecular flexibility index (Phi) is 5.44. The van der Waals surface area contributed by atoms with E-state index in [1.165, 1.54) is 5.69 Å². The van der Waals surface area contributed by atoms with Gasteiger partial charge < -0.3 is 19.7 Å². The Morgan fingerprint density at radius 2 is 1.68 bits per heavy atom. The summed E-state index contributed by atoms with van der Waals surface area (Å²) < 4.78 is 2.00. The van der Waals surface area contributed by atoms with Crippen molar-refractivity contribution in [2.45, 2.75) is 6.54 Å². The van der Waals surface area contributed by atoms with Crippen molar-refractivity contribution in [3.05, 3.63) is 84.2 Å². The summed E-state index contributed by atoms with van der Waals surface area (Å²) in [7, 11) is 2.16. The van der Waals surface area contributed by atoms with Crippen LogP contribution in [-0.2, 0) is 6.54 Å². The van der Waals surface area contributed by atoms with E-state index in [0.717, 1.165) is 37.4 Å². The minimum Gasteiger partial charge on any atom is -0.369 e. The summed E-state index contributed by atoms with van der Waals surface area (Å²) in [5.74, 6) is -0.0535. The van der Waals surface area contributed by atoms with Crippen LogP contribution < -0.4 is 10.2 Å². The molecule has 1 aliphatic heterocycles. The van der Waals surface area contributed by atoms with Crippen LogP contribution in [0.4, 0.5) is 5.69 Å². The Labute approximate surface area is 166 Å². The van der Waals surface area contributed by atoms with Gasteiger partial charge in [0.15, 0.2) is 0 Å². The monoisotopic (exact) mass is 374 g/mol. The first kappa shape index (κ1) is 18.3. The maximum Gasteiger partial charge on any atom is 0.251 e. The van der Waals surface area contributed by atoms with Crippen LogP contribution in [0.1, 0.15) is 15.9 Å². The van der Waals surface area contributed by atoms with Crippen LogP contribution in [-0.4, -0.2) is 48.6 Å². The largest absolute Gasteiger partial charge is 0.369 e. The number of piperazine rings is 1. The van der Waals surface area contributed by atoms with Gasteiger partial charge in [-0.15, -0.1) is 0 Å². The number of aromatic nitrogens is 1. The average Bonchev–Trinajstić information content (AvgIpc) is 3.28. The predicted molar refractivity (Wildman–Crippen MR) is 113 cm³/mol. The van der Waals surface area contributed by atoms with E-state index in [9.17, 15) is 4.79 Å². The van der Waals surface area contributed by atoms with E-state index in [4.69, 9.17) is 0 Å². The summed E-state index contributed by atoms with van der Waals surface area (Å²) in [5, 5.41) is 3.09. The summed E-state index contributed by atoms with van der Waals surface area (Å²) in [6, 6.07) is 20.0. The fourth-order valence-corrected chi connectivity index (χ4v) is 3.61. The highest BCUT2D eigenvalue weighted by Crippen LogP contribution is 2.22. The number of hydrogen-bond acceptors (Lipinski definition) is 3. The van der Waals surface area contributed by atoms with Gasteiger partial charge in [0.2, 0.25) is 0 Å². The van der Waals surface area contributed by atoms with Crippen LogP contribution in [0.5, 0.6) is 0 Å². The lowest BCUT2D eigenvalue weighted by Crippen LogP contribution is -2.45. The molecule has 5 heteroatoms. The zero-order valence-corrected chi connectivity index (χ0v) is 16.2. The molecule has 0 aliphatic carbocycles. The lowest BCUT2D eigenvalue weighted by molar-refractivity contribution is 0.0951. The predicted octanol–water partition coefficient (Wildman–Crippen LogP) is 3.16. The van der Waals surface area contributed by atoms with Crippen LogP contribution >= 0.6 is 0 Å². The third kappa shape index (κ3) is 4.10. The van der Waals surface area contributed by atoms with Gasteiger partial charge >= 0.3 is 0 Å². The first-order valence-electron chi connectivity index (χ1n) is 9.74. The molecule has 1 aliphatic rings. The van der Waals surface area contributed by atoms with Crippen molar-refractivity contribution >= 4 is 11.6 Å². The highest BCUT2D eigenvalue weighted by Gasteiger charge is 2.17. The Hall–Kier alpha value is -3.05. The zero-order chi connectivity index (χ0) is 19.3. The molecule has 0 radical (unpaired) electrons. The van der Waals surface area contributed by atoms with Gasteiger partial charge in [-0.1, -0.05) is 24.3 Å².